The lowest BCUT2D eigenvalue weighted by Crippen LogP contribution is -2.44. The molecule has 2 amide bonds. The van der Waals surface area contributed by atoms with Gasteiger partial charge in [0.05, 0.1) is 22.6 Å². The second kappa shape index (κ2) is 8.40. The van der Waals surface area contributed by atoms with Gasteiger partial charge in [-0.05, 0) is 54.2 Å². The van der Waals surface area contributed by atoms with Crippen molar-refractivity contribution in [3.05, 3.63) is 62.5 Å². The molecule has 0 aliphatic carbocycles. The SMILES string of the molecule is COc1cc(C=C2SC(=S)N(NC(=O)c3ccc(Cl)cc3Cl)C2=O)ccc1O. The maximum Gasteiger partial charge on any atom is 0.285 e. The van der Waals surface area contributed by atoms with Gasteiger partial charge in [-0.15, -0.1) is 0 Å². The molecule has 3 rings (SSSR count). The van der Waals surface area contributed by atoms with Crippen molar-refractivity contribution in [2.75, 3.05) is 7.11 Å². The van der Waals surface area contributed by atoms with Crippen LogP contribution in [-0.2, 0) is 4.79 Å². The lowest BCUT2D eigenvalue weighted by atomic mass is 10.2. The smallest absolute Gasteiger partial charge is 0.285 e. The van der Waals surface area contributed by atoms with Crippen LogP contribution in [0.25, 0.3) is 6.08 Å². The third kappa shape index (κ3) is 4.25. The Balaban J connectivity index is 1.81. The zero-order valence-corrected chi connectivity index (χ0v) is 17.4. The zero-order valence-electron chi connectivity index (χ0n) is 14.2. The summed E-state index contributed by atoms with van der Waals surface area (Å²) in [5.74, 6) is -0.819. The van der Waals surface area contributed by atoms with Crippen LogP contribution in [0.4, 0.5) is 0 Å². The van der Waals surface area contributed by atoms with Crippen LogP contribution < -0.4 is 10.2 Å². The fourth-order valence-corrected chi connectivity index (χ4v) is 4.01. The molecule has 0 saturated carbocycles. The molecule has 1 aliphatic heterocycles. The summed E-state index contributed by atoms with van der Waals surface area (Å²) in [7, 11) is 1.43. The number of thioether (sulfide) groups is 1. The Morgan fingerprint density at radius 2 is 2.04 bits per heavy atom. The number of nitrogens with zero attached hydrogens (tertiary/aromatic N) is 1. The van der Waals surface area contributed by atoms with Gasteiger partial charge in [0.15, 0.2) is 15.8 Å². The summed E-state index contributed by atoms with van der Waals surface area (Å²) in [5, 5.41) is 11.2. The maximum absolute atomic E-state index is 12.6. The number of hydrogen-bond acceptors (Lipinski definition) is 6. The van der Waals surface area contributed by atoms with Crippen LogP contribution in [0.5, 0.6) is 11.5 Å². The minimum absolute atomic E-state index is 0.0145. The number of carbonyl (C=O) groups excluding carboxylic acids is 2. The number of phenolic OH excluding ortho intramolecular Hbond substituents is 1. The topological polar surface area (TPSA) is 78.9 Å². The first-order chi connectivity index (χ1) is 13.3. The number of rotatable bonds is 4. The summed E-state index contributed by atoms with van der Waals surface area (Å²) in [6.07, 6.45) is 1.59. The van der Waals surface area contributed by atoms with Crippen molar-refractivity contribution >= 4 is 69.4 Å². The van der Waals surface area contributed by atoms with Crippen LogP contribution in [0.3, 0.4) is 0 Å². The Hall–Kier alpha value is -2.26. The first-order valence-corrected chi connectivity index (χ1v) is 9.69. The molecule has 0 spiro atoms. The van der Waals surface area contributed by atoms with E-state index in [1.807, 2.05) is 0 Å². The van der Waals surface area contributed by atoms with Gasteiger partial charge in [-0.2, -0.15) is 5.01 Å². The number of phenols is 1. The van der Waals surface area contributed by atoms with Gasteiger partial charge in [-0.25, -0.2) is 0 Å². The summed E-state index contributed by atoms with van der Waals surface area (Å²) < 4.78 is 5.22. The van der Waals surface area contributed by atoms with Gasteiger partial charge in [0.2, 0.25) is 0 Å². The number of amides is 2. The average Bonchev–Trinajstić information content (AvgIpc) is 2.90. The molecule has 0 atom stereocenters. The van der Waals surface area contributed by atoms with Crippen LogP contribution in [0.15, 0.2) is 41.3 Å². The number of ether oxygens (including phenoxy) is 1. The third-order valence-corrected chi connectivity index (χ3v) is 5.53. The predicted molar refractivity (Wildman–Crippen MR) is 114 cm³/mol. The van der Waals surface area contributed by atoms with E-state index in [1.54, 1.807) is 18.2 Å². The van der Waals surface area contributed by atoms with Gasteiger partial charge < -0.3 is 9.84 Å². The zero-order chi connectivity index (χ0) is 20.4. The van der Waals surface area contributed by atoms with Crippen molar-refractivity contribution in [2.45, 2.75) is 0 Å². The fraction of sp³-hybridized carbons (Fsp3) is 0.0556. The van der Waals surface area contributed by atoms with Gasteiger partial charge in [0.1, 0.15) is 0 Å². The van der Waals surface area contributed by atoms with E-state index >= 15 is 0 Å². The molecule has 2 aromatic carbocycles. The summed E-state index contributed by atoms with van der Waals surface area (Å²) in [5.41, 5.74) is 3.24. The van der Waals surface area contributed by atoms with Gasteiger partial charge in [0, 0.05) is 5.02 Å². The molecule has 1 aliphatic rings. The molecule has 6 nitrogen and oxygen atoms in total. The highest BCUT2D eigenvalue weighted by atomic mass is 35.5. The first-order valence-electron chi connectivity index (χ1n) is 7.71. The minimum atomic E-state index is -0.592. The molecule has 10 heteroatoms. The Kier molecular flexibility index (Phi) is 6.14. The molecule has 0 aromatic heterocycles. The highest BCUT2D eigenvalue weighted by Gasteiger charge is 2.34. The number of hydrazine groups is 1. The Labute approximate surface area is 180 Å². The van der Waals surface area contributed by atoms with Crippen LogP contribution in [0, 0.1) is 0 Å². The van der Waals surface area contributed by atoms with Crippen molar-refractivity contribution < 1.29 is 19.4 Å². The Morgan fingerprint density at radius 3 is 2.71 bits per heavy atom. The van der Waals surface area contributed by atoms with Gasteiger partial charge in [-0.3, -0.25) is 15.0 Å². The molecule has 1 saturated heterocycles. The second-order valence-corrected chi connectivity index (χ2v) is 8.03. The third-order valence-electron chi connectivity index (χ3n) is 3.68. The molecular weight excluding hydrogens is 443 g/mol. The molecule has 0 radical (unpaired) electrons. The van der Waals surface area contributed by atoms with Gasteiger partial charge >= 0.3 is 0 Å². The van der Waals surface area contributed by atoms with E-state index < -0.39 is 11.8 Å². The standard InChI is InChI=1S/C18H12Cl2N2O4S2/c1-26-14-6-9(2-5-13(14)23)7-15-17(25)22(18(27)28-15)21-16(24)11-4-3-10(19)8-12(11)20/h2-8,23H,1H3,(H,21,24). The second-order valence-electron chi connectivity index (χ2n) is 5.51. The largest absolute Gasteiger partial charge is 0.504 e. The van der Waals surface area contributed by atoms with E-state index in [1.165, 1.54) is 31.4 Å². The Bertz CT molecular complexity index is 1030. The van der Waals surface area contributed by atoms with Crippen molar-refractivity contribution in [1.29, 1.82) is 0 Å². The predicted octanol–water partition coefficient (Wildman–Crippen LogP) is 4.25. The number of benzene rings is 2. The molecule has 0 bridgehead atoms. The van der Waals surface area contributed by atoms with E-state index in [4.69, 9.17) is 40.2 Å². The minimum Gasteiger partial charge on any atom is -0.504 e. The number of thiocarbonyl (C=S) groups is 1. The van der Waals surface area contributed by atoms with Gasteiger partial charge in [-0.1, -0.05) is 41.0 Å². The van der Waals surface area contributed by atoms with Crippen molar-refractivity contribution in [3.63, 3.8) is 0 Å². The number of nitrogens with one attached hydrogen (secondary N) is 1. The van der Waals surface area contributed by atoms with E-state index in [0.29, 0.717) is 15.5 Å². The summed E-state index contributed by atoms with van der Waals surface area (Å²) in [4.78, 5) is 25.4. The monoisotopic (exact) mass is 454 g/mol. The molecule has 0 unspecified atom stereocenters. The van der Waals surface area contributed by atoms with E-state index in [9.17, 15) is 14.7 Å². The lowest BCUT2D eigenvalue weighted by Gasteiger charge is -2.16. The quantitative estimate of drug-likeness (QED) is 0.530. The van der Waals surface area contributed by atoms with E-state index in [2.05, 4.69) is 5.43 Å². The van der Waals surface area contributed by atoms with E-state index in [0.717, 1.165) is 16.8 Å². The summed E-state index contributed by atoms with van der Waals surface area (Å²) in [6.45, 7) is 0. The fourth-order valence-electron chi connectivity index (χ4n) is 2.33. The van der Waals surface area contributed by atoms with Crippen molar-refractivity contribution in [3.8, 4) is 11.5 Å². The molecule has 2 aromatic rings. The molecule has 2 N–H and O–H groups in total. The van der Waals surface area contributed by atoms with Crippen molar-refractivity contribution in [1.82, 2.24) is 10.4 Å². The van der Waals surface area contributed by atoms with Crippen LogP contribution in [0.2, 0.25) is 10.0 Å². The molecule has 144 valence electrons. The summed E-state index contributed by atoms with van der Waals surface area (Å²) >= 11 is 18.1. The van der Waals surface area contributed by atoms with Crippen LogP contribution in [-0.4, -0.2) is 33.4 Å². The van der Waals surface area contributed by atoms with Crippen LogP contribution in [0.1, 0.15) is 15.9 Å². The first kappa shape index (κ1) is 20.5. The number of methoxy groups -OCH3 is 1. The number of halogens is 2. The van der Waals surface area contributed by atoms with Gasteiger partial charge in [0.25, 0.3) is 11.8 Å². The highest BCUT2D eigenvalue weighted by Crippen LogP contribution is 2.33. The Morgan fingerprint density at radius 1 is 1.29 bits per heavy atom. The molecule has 1 fully saturated rings. The summed E-state index contributed by atoms with van der Waals surface area (Å²) in [6, 6.07) is 9.06. The van der Waals surface area contributed by atoms with Crippen molar-refractivity contribution in [2.24, 2.45) is 0 Å². The van der Waals surface area contributed by atoms with Crippen LogP contribution >= 0.6 is 47.2 Å². The maximum atomic E-state index is 12.6. The molecular formula is C18H12Cl2N2O4S2. The number of hydrogen-bond donors (Lipinski definition) is 2. The molecule has 1 heterocycles. The average molecular weight is 455 g/mol. The highest BCUT2D eigenvalue weighted by molar-refractivity contribution is 8.26. The normalized spacial score (nSPS) is 15.2. The van der Waals surface area contributed by atoms with E-state index in [-0.39, 0.29) is 26.4 Å². The number of carbonyl (C=O) groups is 2. The molecule has 28 heavy (non-hydrogen) atoms. The lowest BCUT2D eigenvalue weighted by molar-refractivity contribution is -0.123. The number of aromatic hydroxyl groups is 1.